The lowest BCUT2D eigenvalue weighted by Gasteiger charge is -2.35. The summed E-state index contributed by atoms with van der Waals surface area (Å²) >= 11 is 0. The predicted octanol–water partition coefficient (Wildman–Crippen LogP) is 5.42. The van der Waals surface area contributed by atoms with Gasteiger partial charge in [-0.05, 0) is 63.6 Å². The van der Waals surface area contributed by atoms with Crippen molar-refractivity contribution in [1.29, 1.82) is 0 Å². The Morgan fingerprint density at radius 2 is 1.88 bits per heavy atom. The van der Waals surface area contributed by atoms with E-state index >= 15 is 0 Å². The predicted molar refractivity (Wildman–Crippen MR) is 117 cm³/mol. The van der Waals surface area contributed by atoms with Crippen molar-refractivity contribution in [3.63, 3.8) is 0 Å². The van der Waals surface area contributed by atoms with Crippen LogP contribution in [0.2, 0.25) is 0 Å². The minimum Gasteiger partial charge on any atom is -0.486 e. The number of nitrogens with zero attached hydrogens (tertiary/aromatic N) is 1. The van der Waals surface area contributed by atoms with Crippen LogP contribution in [-0.4, -0.2) is 32.8 Å². The highest BCUT2D eigenvalue weighted by atomic mass is 32.2. The van der Waals surface area contributed by atoms with E-state index in [1.807, 2.05) is 6.92 Å². The van der Waals surface area contributed by atoms with Crippen LogP contribution in [0.5, 0.6) is 5.75 Å². The van der Waals surface area contributed by atoms with Gasteiger partial charge in [0.2, 0.25) is 0 Å². The Morgan fingerprint density at radius 3 is 2.48 bits per heavy atom. The summed E-state index contributed by atoms with van der Waals surface area (Å²) in [6, 6.07) is 7.99. The standard InChI is InChI=1S/C22H25F3N2O5S/c1-5-16-13-27(33(29,30)17-8-6-7-14(11-17)22(23,24)25)18-12-15(9-10-19(18)31-16)26-20(28)32-21(2,3)4/h6-12,16H,5,13H2,1-4H3,(H,26,28)/t16-/m0/s1. The highest BCUT2D eigenvalue weighted by Gasteiger charge is 2.37. The Balaban J connectivity index is 2.02. The molecule has 2 aromatic rings. The van der Waals surface area contributed by atoms with E-state index in [0.717, 1.165) is 22.5 Å². The second kappa shape index (κ2) is 8.77. The zero-order valence-corrected chi connectivity index (χ0v) is 19.4. The Labute approximate surface area is 190 Å². The molecule has 0 bridgehead atoms. The van der Waals surface area contributed by atoms with E-state index in [-0.39, 0.29) is 23.7 Å². The third kappa shape index (κ3) is 5.70. The molecule has 1 heterocycles. The molecule has 0 spiro atoms. The molecular formula is C22H25F3N2O5S. The summed E-state index contributed by atoms with van der Waals surface area (Å²) in [6.07, 6.45) is -5.45. The van der Waals surface area contributed by atoms with Crippen molar-refractivity contribution in [3.05, 3.63) is 48.0 Å². The molecule has 3 rings (SSSR count). The van der Waals surface area contributed by atoms with E-state index in [1.165, 1.54) is 18.2 Å². The molecule has 1 amide bonds. The van der Waals surface area contributed by atoms with Crippen LogP contribution < -0.4 is 14.4 Å². The summed E-state index contributed by atoms with van der Waals surface area (Å²) in [4.78, 5) is 11.6. The van der Waals surface area contributed by atoms with Crippen LogP contribution in [0.15, 0.2) is 47.4 Å². The number of benzene rings is 2. The van der Waals surface area contributed by atoms with Crippen LogP contribution in [0.1, 0.15) is 39.7 Å². The zero-order chi connectivity index (χ0) is 24.6. The maximum Gasteiger partial charge on any atom is 0.416 e. The molecule has 33 heavy (non-hydrogen) atoms. The van der Waals surface area contributed by atoms with E-state index in [0.29, 0.717) is 12.5 Å². The van der Waals surface area contributed by atoms with E-state index in [1.54, 1.807) is 20.8 Å². The van der Waals surface area contributed by atoms with Crippen LogP contribution >= 0.6 is 0 Å². The lowest BCUT2D eigenvalue weighted by atomic mass is 10.2. The molecule has 11 heteroatoms. The summed E-state index contributed by atoms with van der Waals surface area (Å²) < 4.78 is 78.4. The smallest absolute Gasteiger partial charge is 0.416 e. The van der Waals surface area contributed by atoms with E-state index in [9.17, 15) is 26.4 Å². The average molecular weight is 487 g/mol. The zero-order valence-electron chi connectivity index (χ0n) is 18.6. The molecule has 0 saturated carbocycles. The van der Waals surface area contributed by atoms with Crippen molar-refractivity contribution in [2.24, 2.45) is 0 Å². The lowest BCUT2D eigenvalue weighted by Crippen LogP contribution is -2.43. The summed E-state index contributed by atoms with van der Waals surface area (Å²) in [5.41, 5.74) is -1.46. The van der Waals surface area contributed by atoms with Gasteiger partial charge in [0.05, 0.1) is 22.7 Å². The third-order valence-corrected chi connectivity index (χ3v) is 6.52. The summed E-state index contributed by atoms with van der Waals surface area (Å²) in [5, 5.41) is 2.53. The fourth-order valence-electron chi connectivity index (χ4n) is 3.21. The number of carbonyl (C=O) groups excluding carboxylic acids is 1. The summed E-state index contributed by atoms with van der Waals surface area (Å²) in [7, 11) is -4.37. The number of hydrogen-bond donors (Lipinski definition) is 1. The number of rotatable bonds is 4. The van der Waals surface area contributed by atoms with Crippen LogP contribution in [0.25, 0.3) is 0 Å². The van der Waals surface area contributed by atoms with Gasteiger partial charge in [-0.2, -0.15) is 13.2 Å². The van der Waals surface area contributed by atoms with Crippen molar-refractivity contribution in [1.82, 2.24) is 0 Å². The number of hydrogen-bond acceptors (Lipinski definition) is 5. The number of alkyl halides is 3. The first-order valence-electron chi connectivity index (χ1n) is 10.2. The first-order valence-corrected chi connectivity index (χ1v) is 11.7. The molecule has 0 aromatic heterocycles. The SMILES string of the molecule is CC[C@H]1CN(S(=O)(=O)c2cccc(C(F)(F)F)c2)c2cc(NC(=O)OC(C)(C)C)ccc2O1. The topological polar surface area (TPSA) is 84.9 Å². The van der Waals surface area contributed by atoms with Gasteiger partial charge in [0.1, 0.15) is 17.5 Å². The Bertz CT molecular complexity index is 1140. The molecule has 0 fully saturated rings. The second-order valence-corrected chi connectivity index (χ2v) is 10.4. The first kappa shape index (κ1) is 24.7. The summed E-state index contributed by atoms with van der Waals surface area (Å²) in [6.45, 7) is 6.80. The maximum absolute atomic E-state index is 13.4. The van der Waals surface area contributed by atoms with E-state index in [4.69, 9.17) is 9.47 Å². The molecule has 2 aromatic carbocycles. The molecule has 0 unspecified atom stereocenters. The number of amides is 1. The van der Waals surface area contributed by atoms with Crippen molar-refractivity contribution in [3.8, 4) is 5.75 Å². The van der Waals surface area contributed by atoms with Crippen LogP contribution in [-0.2, 0) is 20.9 Å². The quantitative estimate of drug-likeness (QED) is 0.624. The number of sulfonamides is 1. The van der Waals surface area contributed by atoms with E-state index < -0.39 is 44.5 Å². The molecule has 180 valence electrons. The van der Waals surface area contributed by atoms with Crippen LogP contribution in [0, 0.1) is 0 Å². The van der Waals surface area contributed by atoms with Gasteiger partial charge in [-0.25, -0.2) is 13.2 Å². The largest absolute Gasteiger partial charge is 0.486 e. The van der Waals surface area contributed by atoms with Gasteiger partial charge in [-0.15, -0.1) is 0 Å². The van der Waals surface area contributed by atoms with E-state index in [2.05, 4.69) is 5.32 Å². The Hall–Kier alpha value is -2.95. The van der Waals surface area contributed by atoms with Gasteiger partial charge in [0.15, 0.2) is 0 Å². The number of halogens is 3. The normalized spacial score (nSPS) is 16.6. The van der Waals surface area contributed by atoms with Crippen LogP contribution in [0.3, 0.4) is 0 Å². The van der Waals surface area contributed by atoms with Gasteiger partial charge in [0.25, 0.3) is 10.0 Å². The van der Waals surface area contributed by atoms with Crippen LogP contribution in [0.4, 0.5) is 29.3 Å². The number of nitrogens with one attached hydrogen (secondary N) is 1. The van der Waals surface area contributed by atoms with Gasteiger partial charge in [0, 0.05) is 5.69 Å². The minimum atomic E-state index is -4.69. The van der Waals surface area contributed by atoms with Gasteiger partial charge >= 0.3 is 12.3 Å². The van der Waals surface area contributed by atoms with Gasteiger partial charge in [-0.1, -0.05) is 13.0 Å². The number of anilines is 2. The Morgan fingerprint density at radius 1 is 1.18 bits per heavy atom. The Kier molecular flexibility index (Phi) is 6.56. The first-order chi connectivity index (χ1) is 15.2. The monoisotopic (exact) mass is 486 g/mol. The number of fused-ring (bicyclic) bond motifs is 1. The van der Waals surface area contributed by atoms with Crippen molar-refractivity contribution in [2.75, 3.05) is 16.2 Å². The molecular weight excluding hydrogens is 461 g/mol. The minimum absolute atomic E-state index is 0.0992. The fourth-order valence-corrected chi connectivity index (χ4v) is 4.76. The molecule has 7 nitrogen and oxygen atoms in total. The molecule has 1 N–H and O–H groups in total. The van der Waals surface area contributed by atoms with Crippen molar-refractivity contribution in [2.45, 2.75) is 56.9 Å². The second-order valence-electron chi connectivity index (χ2n) is 8.52. The number of ether oxygens (including phenoxy) is 2. The maximum atomic E-state index is 13.4. The summed E-state index contributed by atoms with van der Waals surface area (Å²) in [5.74, 6) is 0.235. The molecule has 1 atom stereocenters. The highest BCUT2D eigenvalue weighted by Crippen LogP contribution is 2.40. The van der Waals surface area contributed by atoms with Gasteiger partial charge in [-0.3, -0.25) is 9.62 Å². The molecule has 0 saturated heterocycles. The molecule has 0 aliphatic carbocycles. The fraction of sp³-hybridized carbons (Fsp3) is 0.409. The van der Waals surface area contributed by atoms with Crippen molar-refractivity contribution < 1.29 is 35.9 Å². The lowest BCUT2D eigenvalue weighted by molar-refractivity contribution is -0.137. The van der Waals surface area contributed by atoms with Gasteiger partial charge < -0.3 is 9.47 Å². The number of carbonyl (C=O) groups is 1. The highest BCUT2D eigenvalue weighted by molar-refractivity contribution is 7.92. The third-order valence-electron chi connectivity index (χ3n) is 4.74. The van der Waals surface area contributed by atoms with Crippen molar-refractivity contribution >= 4 is 27.5 Å². The molecule has 0 radical (unpaired) electrons. The molecule has 1 aliphatic rings. The molecule has 1 aliphatic heterocycles. The average Bonchev–Trinajstić information content (AvgIpc) is 2.71.